The summed E-state index contributed by atoms with van der Waals surface area (Å²) in [5, 5.41) is 2.75. The molecule has 3 aromatic rings. The van der Waals surface area contributed by atoms with Crippen LogP contribution in [0.25, 0.3) is 0 Å². The molecule has 3 amide bonds. The lowest BCUT2D eigenvalue weighted by Gasteiger charge is -2.36. The molecule has 5 rings (SSSR count). The summed E-state index contributed by atoms with van der Waals surface area (Å²) in [6.45, 7) is 5.49. The predicted octanol–water partition coefficient (Wildman–Crippen LogP) is 3.81. The molecule has 2 aliphatic heterocycles. The third-order valence-corrected chi connectivity index (χ3v) is 9.58. The zero-order chi connectivity index (χ0) is 25.8. The van der Waals surface area contributed by atoms with Crippen molar-refractivity contribution >= 4 is 52.2 Å². The molecule has 1 aromatic heterocycles. The number of fused-ring (bicyclic) bond motifs is 2. The Kier molecular flexibility index (Phi) is 6.04. The highest BCUT2D eigenvalue weighted by Gasteiger charge is 2.59. The van der Waals surface area contributed by atoms with Crippen molar-refractivity contribution in [1.82, 2.24) is 4.57 Å². The van der Waals surface area contributed by atoms with Gasteiger partial charge in [-0.05, 0) is 42.8 Å². The van der Waals surface area contributed by atoms with Crippen molar-refractivity contribution in [2.24, 2.45) is 5.92 Å². The van der Waals surface area contributed by atoms with Crippen molar-refractivity contribution in [3.63, 3.8) is 0 Å². The molecule has 0 bridgehead atoms. The number of imide groups is 1. The summed E-state index contributed by atoms with van der Waals surface area (Å²) >= 11 is 2.24. The number of ether oxygens (including phenoxy) is 1. The van der Waals surface area contributed by atoms with Crippen LogP contribution in [0, 0.1) is 12.8 Å². The Hall–Kier alpha value is -3.37. The van der Waals surface area contributed by atoms with E-state index in [0.717, 1.165) is 21.8 Å². The van der Waals surface area contributed by atoms with Crippen LogP contribution in [-0.4, -0.2) is 34.6 Å². The highest BCUT2D eigenvalue weighted by Crippen LogP contribution is 2.54. The minimum Gasteiger partial charge on any atom is -0.497 e. The lowest BCUT2D eigenvalue weighted by atomic mass is 9.76. The first-order valence-corrected chi connectivity index (χ1v) is 13.1. The molecule has 36 heavy (non-hydrogen) atoms. The number of rotatable bonds is 5. The van der Waals surface area contributed by atoms with E-state index in [9.17, 15) is 19.2 Å². The third kappa shape index (κ3) is 3.84. The van der Waals surface area contributed by atoms with E-state index in [0.29, 0.717) is 22.2 Å². The Balaban J connectivity index is 1.46. The van der Waals surface area contributed by atoms with E-state index in [1.807, 2.05) is 39.0 Å². The van der Waals surface area contributed by atoms with Gasteiger partial charge in [-0.15, -0.1) is 0 Å². The Morgan fingerprint density at radius 3 is 2.42 bits per heavy atom. The van der Waals surface area contributed by atoms with Crippen molar-refractivity contribution < 1.29 is 19.1 Å². The molecule has 1 fully saturated rings. The maximum Gasteiger partial charge on any atom is 0.308 e. The highest BCUT2D eigenvalue weighted by atomic mass is 32.2. The molecule has 8 nitrogen and oxygen atoms in total. The zero-order valence-corrected chi connectivity index (χ0v) is 21.9. The number of methoxy groups -OCH3 is 1. The molecule has 0 saturated carbocycles. The van der Waals surface area contributed by atoms with Gasteiger partial charge in [-0.25, -0.2) is 4.90 Å². The van der Waals surface area contributed by atoms with Crippen LogP contribution in [0.5, 0.6) is 5.75 Å². The maximum absolute atomic E-state index is 13.6. The largest absolute Gasteiger partial charge is 0.497 e. The standard InChI is InChI=1S/C26H25N3O5S2/c1-14-7-5-6-8-17(14)27-18(30)13-28-24-21(36-25(28)33)26(2,3)19-20(35-24)23(32)29(22(19)31)15-9-11-16(34-4)12-10-15/h5-12,19-20H,13H2,1-4H3,(H,27,30). The summed E-state index contributed by atoms with van der Waals surface area (Å²) in [4.78, 5) is 54.6. The van der Waals surface area contributed by atoms with E-state index in [4.69, 9.17) is 4.74 Å². The normalized spacial score (nSPS) is 20.2. The number of amides is 3. The van der Waals surface area contributed by atoms with E-state index in [-0.39, 0.29) is 29.1 Å². The monoisotopic (exact) mass is 523 g/mol. The topological polar surface area (TPSA) is 97.7 Å². The lowest BCUT2D eigenvalue weighted by Crippen LogP contribution is -2.41. The van der Waals surface area contributed by atoms with E-state index in [2.05, 4.69) is 5.32 Å². The summed E-state index contributed by atoms with van der Waals surface area (Å²) in [7, 11) is 1.55. The Bertz CT molecular complexity index is 1440. The van der Waals surface area contributed by atoms with Gasteiger partial charge in [-0.1, -0.05) is 55.1 Å². The number of thioether (sulfide) groups is 1. The number of nitrogens with one attached hydrogen (secondary N) is 1. The molecule has 1 saturated heterocycles. The molecular weight excluding hydrogens is 498 g/mol. The second-order valence-corrected chi connectivity index (χ2v) is 11.5. The first kappa shape index (κ1) is 24.3. The van der Waals surface area contributed by atoms with E-state index < -0.39 is 16.6 Å². The van der Waals surface area contributed by atoms with Crippen LogP contribution in [0.2, 0.25) is 0 Å². The number of nitrogens with zero attached hydrogens (tertiary/aromatic N) is 2. The SMILES string of the molecule is COc1ccc(N2C(=O)C3Sc4c(sc(=O)n4CC(=O)Nc4ccccc4C)C(C)(C)C3C2=O)cc1. The molecule has 0 aliphatic carbocycles. The van der Waals surface area contributed by atoms with Gasteiger partial charge in [0.25, 0.3) is 0 Å². The van der Waals surface area contributed by atoms with Crippen LogP contribution in [0.3, 0.4) is 0 Å². The molecule has 2 aromatic carbocycles. The van der Waals surface area contributed by atoms with Crippen molar-refractivity contribution in [1.29, 1.82) is 0 Å². The van der Waals surface area contributed by atoms with Crippen LogP contribution >= 0.6 is 23.1 Å². The molecule has 1 N–H and O–H groups in total. The molecule has 10 heteroatoms. The number of thiazole rings is 1. The van der Waals surface area contributed by atoms with Crippen LogP contribution in [-0.2, 0) is 26.3 Å². The van der Waals surface area contributed by atoms with Crippen LogP contribution in [0.1, 0.15) is 24.3 Å². The van der Waals surface area contributed by atoms with Gasteiger partial charge >= 0.3 is 4.87 Å². The van der Waals surface area contributed by atoms with E-state index in [1.165, 1.54) is 21.2 Å². The number of benzene rings is 2. The number of carbonyl (C=O) groups excluding carboxylic acids is 3. The number of aromatic nitrogens is 1. The van der Waals surface area contributed by atoms with Gasteiger partial charge in [-0.2, -0.15) is 0 Å². The van der Waals surface area contributed by atoms with Crippen molar-refractivity contribution in [3.05, 3.63) is 68.6 Å². The van der Waals surface area contributed by atoms with E-state index >= 15 is 0 Å². The second-order valence-electron chi connectivity index (χ2n) is 9.40. The zero-order valence-electron chi connectivity index (χ0n) is 20.2. The third-order valence-electron chi connectivity index (χ3n) is 6.75. The number of carbonyl (C=O) groups is 3. The van der Waals surface area contributed by atoms with Crippen molar-refractivity contribution in [3.8, 4) is 5.75 Å². The van der Waals surface area contributed by atoms with Gasteiger partial charge in [0.15, 0.2) is 0 Å². The van der Waals surface area contributed by atoms with E-state index in [1.54, 1.807) is 37.4 Å². The quantitative estimate of drug-likeness (QED) is 0.511. The molecular formula is C26H25N3O5S2. The molecule has 2 atom stereocenters. The number of aryl methyl sites for hydroxylation is 1. The highest BCUT2D eigenvalue weighted by molar-refractivity contribution is 8.00. The van der Waals surface area contributed by atoms with Crippen LogP contribution in [0.4, 0.5) is 11.4 Å². The van der Waals surface area contributed by atoms with Gasteiger partial charge < -0.3 is 10.1 Å². The average molecular weight is 524 g/mol. The summed E-state index contributed by atoms with van der Waals surface area (Å²) in [5.41, 5.74) is 1.31. The number of para-hydroxylation sites is 1. The fraction of sp³-hybridized carbons (Fsp3) is 0.308. The number of hydrogen-bond donors (Lipinski definition) is 1. The minimum atomic E-state index is -0.763. The number of anilines is 2. The summed E-state index contributed by atoms with van der Waals surface area (Å²) in [6, 6.07) is 14.2. The smallest absolute Gasteiger partial charge is 0.308 e. The summed E-state index contributed by atoms with van der Waals surface area (Å²) < 4.78 is 6.61. The van der Waals surface area contributed by atoms with Gasteiger partial charge in [0.05, 0.1) is 23.7 Å². The molecule has 0 radical (unpaired) electrons. The Labute approximate surface area is 216 Å². The first-order chi connectivity index (χ1) is 17.1. The Morgan fingerprint density at radius 2 is 1.75 bits per heavy atom. The number of hydrogen-bond acceptors (Lipinski definition) is 7. The van der Waals surface area contributed by atoms with Gasteiger partial charge in [0, 0.05) is 16.0 Å². The molecule has 2 aliphatic rings. The average Bonchev–Trinajstić information content (AvgIpc) is 3.29. The predicted molar refractivity (Wildman–Crippen MR) is 140 cm³/mol. The second kappa shape index (κ2) is 8.94. The summed E-state index contributed by atoms with van der Waals surface area (Å²) in [5.74, 6) is -0.949. The maximum atomic E-state index is 13.6. The molecule has 0 spiro atoms. The summed E-state index contributed by atoms with van der Waals surface area (Å²) in [6.07, 6.45) is 0. The Morgan fingerprint density at radius 1 is 1.06 bits per heavy atom. The van der Waals surface area contributed by atoms with Crippen LogP contribution < -0.4 is 19.8 Å². The van der Waals surface area contributed by atoms with Crippen molar-refractivity contribution in [2.45, 2.75) is 43.0 Å². The van der Waals surface area contributed by atoms with Gasteiger partial charge in [0.1, 0.15) is 17.5 Å². The van der Waals surface area contributed by atoms with Gasteiger partial charge in [-0.3, -0.25) is 23.7 Å². The minimum absolute atomic E-state index is 0.177. The van der Waals surface area contributed by atoms with Gasteiger partial charge in [0.2, 0.25) is 17.7 Å². The fourth-order valence-corrected chi connectivity index (χ4v) is 7.84. The first-order valence-electron chi connectivity index (χ1n) is 11.4. The van der Waals surface area contributed by atoms with Crippen molar-refractivity contribution in [2.75, 3.05) is 17.3 Å². The molecule has 186 valence electrons. The lowest BCUT2D eigenvalue weighted by molar-refractivity contribution is -0.123. The fourth-order valence-electron chi connectivity index (χ4n) is 4.80. The molecule has 3 heterocycles. The molecule has 2 unspecified atom stereocenters. The van der Waals surface area contributed by atoms with Crippen LogP contribution in [0.15, 0.2) is 58.4 Å².